The number of hydrogen-bond donors (Lipinski definition) is 2. The van der Waals surface area contributed by atoms with E-state index in [1.807, 2.05) is 18.2 Å². The fourth-order valence-electron chi connectivity index (χ4n) is 4.06. The molecule has 2 aliphatic rings. The van der Waals surface area contributed by atoms with E-state index in [9.17, 15) is 4.79 Å². The average Bonchev–Trinajstić information content (AvgIpc) is 2.98. The van der Waals surface area contributed by atoms with Gasteiger partial charge in [-0.05, 0) is 42.2 Å². The number of carbonyl (C=O) groups excluding carboxylic acids is 1. The van der Waals surface area contributed by atoms with Crippen molar-refractivity contribution >= 4 is 5.91 Å². The maximum absolute atomic E-state index is 11.8. The smallest absolute Gasteiger partial charge is 0.274 e. The largest absolute Gasteiger partial charge is 0.497 e. The minimum atomic E-state index is -0.544. The number of allylic oxidation sites excluding steroid dienone is 3. The van der Waals surface area contributed by atoms with Crippen LogP contribution in [0.5, 0.6) is 11.5 Å². The number of nitrogens with one attached hydrogen (secondary N) is 1. The van der Waals surface area contributed by atoms with Crippen LogP contribution in [-0.2, 0) is 13.1 Å². The SMILES string of the molecule is COc1ccc(CN2Cc3ccc(C(=O)NO)cc3OC[C@@H]2C2C=CC=CC2)cc1. The summed E-state index contributed by atoms with van der Waals surface area (Å²) in [6.07, 6.45) is 9.59. The molecule has 1 amide bonds. The van der Waals surface area contributed by atoms with E-state index in [1.54, 1.807) is 24.7 Å². The van der Waals surface area contributed by atoms with E-state index in [0.717, 1.165) is 24.3 Å². The first kappa shape index (κ1) is 20.2. The molecule has 6 heteroatoms. The normalized spacial score (nSPS) is 20.7. The summed E-state index contributed by atoms with van der Waals surface area (Å²) in [5.74, 6) is 1.34. The van der Waals surface area contributed by atoms with Crippen molar-refractivity contribution in [2.45, 2.75) is 25.6 Å². The van der Waals surface area contributed by atoms with E-state index in [0.29, 0.717) is 30.4 Å². The van der Waals surface area contributed by atoms with Crippen LogP contribution in [0.1, 0.15) is 27.9 Å². The molecule has 0 fully saturated rings. The fourth-order valence-corrected chi connectivity index (χ4v) is 4.06. The van der Waals surface area contributed by atoms with Crippen LogP contribution in [0.25, 0.3) is 0 Å². The Morgan fingerprint density at radius 2 is 2.07 bits per heavy atom. The Morgan fingerprint density at radius 1 is 1.23 bits per heavy atom. The molecule has 30 heavy (non-hydrogen) atoms. The summed E-state index contributed by atoms with van der Waals surface area (Å²) >= 11 is 0. The Morgan fingerprint density at radius 3 is 2.77 bits per heavy atom. The van der Waals surface area contributed by atoms with Gasteiger partial charge in [0.05, 0.1) is 13.2 Å². The molecule has 0 saturated carbocycles. The highest BCUT2D eigenvalue weighted by Gasteiger charge is 2.30. The molecule has 2 N–H and O–H groups in total. The Bertz CT molecular complexity index is 952. The summed E-state index contributed by atoms with van der Waals surface area (Å²) < 4.78 is 11.5. The van der Waals surface area contributed by atoms with Gasteiger partial charge >= 0.3 is 0 Å². The van der Waals surface area contributed by atoms with Crippen LogP contribution < -0.4 is 15.0 Å². The molecule has 2 aromatic rings. The Kier molecular flexibility index (Phi) is 6.16. The van der Waals surface area contributed by atoms with Crippen molar-refractivity contribution in [2.75, 3.05) is 13.7 Å². The molecular formula is C24H26N2O4. The highest BCUT2D eigenvalue weighted by atomic mass is 16.5. The number of carbonyl (C=O) groups is 1. The number of nitrogens with zero attached hydrogens (tertiary/aromatic N) is 1. The lowest BCUT2D eigenvalue weighted by Gasteiger charge is -2.34. The van der Waals surface area contributed by atoms with Crippen molar-refractivity contribution in [1.29, 1.82) is 0 Å². The van der Waals surface area contributed by atoms with Crippen molar-refractivity contribution < 1.29 is 19.5 Å². The van der Waals surface area contributed by atoms with Crippen LogP contribution in [0.3, 0.4) is 0 Å². The van der Waals surface area contributed by atoms with Gasteiger partial charge in [0.25, 0.3) is 5.91 Å². The van der Waals surface area contributed by atoms with Crippen molar-refractivity contribution in [3.05, 3.63) is 83.5 Å². The van der Waals surface area contributed by atoms with Crippen LogP contribution >= 0.6 is 0 Å². The van der Waals surface area contributed by atoms with Crippen LogP contribution in [-0.4, -0.2) is 35.8 Å². The molecule has 6 nitrogen and oxygen atoms in total. The lowest BCUT2D eigenvalue weighted by atomic mass is 9.91. The minimum Gasteiger partial charge on any atom is -0.497 e. The number of benzene rings is 2. The first-order chi connectivity index (χ1) is 14.7. The number of fused-ring (bicyclic) bond motifs is 1. The Balaban J connectivity index is 1.62. The lowest BCUT2D eigenvalue weighted by Crippen LogP contribution is -2.42. The number of ether oxygens (including phenoxy) is 2. The quantitative estimate of drug-likeness (QED) is 0.585. The van der Waals surface area contributed by atoms with Crippen LogP contribution in [0.4, 0.5) is 0 Å². The van der Waals surface area contributed by atoms with E-state index in [-0.39, 0.29) is 6.04 Å². The number of amides is 1. The van der Waals surface area contributed by atoms with Gasteiger partial charge in [0, 0.05) is 24.2 Å². The zero-order valence-corrected chi connectivity index (χ0v) is 17.0. The Labute approximate surface area is 176 Å². The third-order valence-corrected chi connectivity index (χ3v) is 5.74. The van der Waals surface area contributed by atoms with Crippen molar-refractivity contribution in [1.82, 2.24) is 10.4 Å². The third-order valence-electron chi connectivity index (χ3n) is 5.74. The first-order valence-corrected chi connectivity index (χ1v) is 10.1. The fraction of sp³-hybridized carbons (Fsp3) is 0.292. The molecule has 2 aromatic carbocycles. The zero-order chi connectivity index (χ0) is 20.9. The van der Waals surface area contributed by atoms with Crippen LogP contribution in [0.15, 0.2) is 66.8 Å². The second kappa shape index (κ2) is 9.15. The number of hydroxylamine groups is 1. The average molecular weight is 406 g/mol. The molecule has 1 aliphatic carbocycles. The highest BCUT2D eigenvalue weighted by Crippen LogP contribution is 2.32. The maximum atomic E-state index is 11.8. The highest BCUT2D eigenvalue weighted by molar-refractivity contribution is 5.93. The molecule has 0 aromatic heterocycles. The molecule has 2 atom stereocenters. The van der Waals surface area contributed by atoms with Crippen LogP contribution in [0, 0.1) is 5.92 Å². The lowest BCUT2D eigenvalue weighted by molar-refractivity contribution is 0.0705. The van der Waals surface area contributed by atoms with Crippen LogP contribution in [0.2, 0.25) is 0 Å². The minimum absolute atomic E-state index is 0.191. The summed E-state index contributed by atoms with van der Waals surface area (Å²) in [4.78, 5) is 14.2. The number of rotatable bonds is 5. The van der Waals surface area contributed by atoms with E-state index < -0.39 is 5.91 Å². The topological polar surface area (TPSA) is 71.0 Å². The van der Waals surface area contributed by atoms with E-state index in [2.05, 4.69) is 41.3 Å². The summed E-state index contributed by atoms with van der Waals surface area (Å²) in [6, 6.07) is 13.7. The van der Waals surface area contributed by atoms with E-state index in [4.69, 9.17) is 14.7 Å². The molecule has 0 bridgehead atoms. The van der Waals surface area contributed by atoms with E-state index in [1.165, 1.54) is 5.56 Å². The number of hydrogen-bond acceptors (Lipinski definition) is 5. The van der Waals surface area contributed by atoms with Gasteiger partial charge < -0.3 is 9.47 Å². The molecule has 1 unspecified atom stereocenters. The van der Waals surface area contributed by atoms with Crippen molar-refractivity contribution in [2.24, 2.45) is 5.92 Å². The molecule has 156 valence electrons. The maximum Gasteiger partial charge on any atom is 0.274 e. The molecule has 1 aliphatic heterocycles. The summed E-state index contributed by atoms with van der Waals surface area (Å²) in [5.41, 5.74) is 4.28. The predicted molar refractivity (Wildman–Crippen MR) is 114 cm³/mol. The second-order valence-electron chi connectivity index (χ2n) is 7.61. The molecule has 4 rings (SSSR count). The summed E-state index contributed by atoms with van der Waals surface area (Å²) in [5, 5.41) is 8.93. The van der Waals surface area contributed by atoms with Gasteiger partial charge in [-0.2, -0.15) is 0 Å². The molecule has 0 saturated heterocycles. The zero-order valence-electron chi connectivity index (χ0n) is 17.0. The predicted octanol–water partition coefficient (Wildman–Crippen LogP) is 3.71. The third kappa shape index (κ3) is 4.40. The first-order valence-electron chi connectivity index (χ1n) is 10.1. The summed E-state index contributed by atoms with van der Waals surface area (Å²) in [7, 11) is 1.67. The molecular weight excluding hydrogens is 380 g/mol. The van der Waals surface area contributed by atoms with Crippen molar-refractivity contribution in [3.63, 3.8) is 0 Å². The standard InChI is InChI=1S/C24H26N2O4/c1-29-21-11-7-17(8-12-21)14-26-15-20-10-9-19(24(27)25-28)13-23(20)30-16-22(26)18-5-3-2-4-6-18/h2-5,7-13,18,22,28H,6,14-16H2,1H3,(H,25,27)/t18?,22-/m1/s1. The molecule has 1 heterocycles. The van der Waals surface area contributed by atoms with Gasteiger partial charge in [0.15, 0.2) is 0 Å². The van der Waals surface area contributed by atoms with Gasteiger partial charge in [0.2, 0.25) is 0 Å². The van der Waals surface area contributed by atoms with Gasteiger partial charge in [-0.1, -0.05) is 42.5 Å². The number of methoxy groups -OCH3 is 1. The van der Waals surface area contributed by atoms with Crippen molar-refractivity contribution in [3.8, 4) is 11.5 Å². The molecule has 0 spiro atoms. The van der Waals surface area contributed by atoms with Gasteiger partial charge in [-0.3, -0.25) is 14.9 Å². The van der Waals surface area contributed by atoms with Gasteiger partial charge in [-0.15, -0.1) is 0 Å². The summed E-state index contributed by atoms with van der Waals surface area (Å²) in [6.45, 7) is 2.02. The monoisotopic (exact) mass is 406 g/mol. The van der Waals surface area contributed by atoms with Gasteiger partial charge in [0.1, 0.15) is 18.1 Å². The molecule has 0 radical (unpaired) electrons. The Hall–Kier alpha value is -3.09. The second-order valence-corrected chi connectivity index (χ2v) is 7.61. The van der Waals surface area contributed by atoms with Gasteiger partial charge in [-0.25, -0.2) is 5.48 Å². The van der Waals surface area contributed by atoms with E-state index >= 15 is 0 Å².